The number of hydrogen-bond acceptors (Lipinski definition) is 6. The summed E-state index contributed by atoms with van der Waals surface area (Å²) in [5, 5.41) is 2.78. The lowest BCUT2D eigenvalue weighted by Crippen LogP contribution is -2.53. The van der Waals surface area contributed by atoms with Crippen LogP contribution in [0.15, 0.2) is 41.5 Å². The minimum absolute atomic E-state index is 0.0452. The second-order valence-corrected chi connectivity index (χ2v) is 8.61. The van der Waals surface area contributed by atoms with Crippen LogP contribution < -0.4 is 15.6 Å². The Morgan fingerprint density at radius 1 is 1.25 bits per heavy atom. The van der Waals surface area contributed by atoms with Gasteiger partial charge in [-0.1, -0.05) is 0 Å². The highest BCUT2D eigenvalue weighted by molar-refractivity contribution is 5.92. The molecule has 0 radical (unpaired) electrons. The monoisotopic (exact) mass is 437 g/mol. The molecule has 1 aliphatic heterocycles. The second kappa shape index (κ2) is 8.31. The molecule has 0 aromatic carbocycles. The van der Waals surface area contributed by atoms with Gasteiger partial charge in [0.25, 0.3) is 11.5 Å². The normalized spacial score (nSPS) is 21.1. The van der Waals surface area contributed by atoms with Crippen molar-refractivity contribution in [2.24, 2.45) is 0 Å². The molecule has 3 aromatic heterocycles. The van der Waals surface area contributed by atoms with Gasteiger partial charge >= 0.3 is 0 Å². The quantitative estimate of drug-likeness (QED) is 0.613. The Hall–Kier alpha value is -3.33. The Bertz CT molecular complexity index is 1200. The largest absolute Gasteiger partial charge is 0.486 e. The summed E-state index contributed by atoms with van der Waals surface area (Å²) in [6.45, 7) is 4.01. The second-order valence-electron chi connectivity index (χ2n) is 8.61. The first-order chi connectivity index (χ1) is 15.4. The molecular formula is C23H24FN5O3. The summed E-state index contributed by atoms with van der Waals surface area (Å²) in [6, 6.07) is 7.01. The molecule has 3 aromatic rings. The van der Waals surface area contributed by atoms with E-state index in [1.54, 1.807) is 31.3 Å². The van der Waals surface area contributed by atoms with Crippen molar-refractivity contribution in [3.63, 3.8) is 0 Å². The highest BCUT2D eigenvalue weighted by Crippen LogP contribution is 2.24. The molecule has 8 nitrogen and oxygen atoms in total. The number of alkyl halides is 1. The number of hydrogen-bond donors (Lipinski definition) is 2. The van der Waals surface area contributed by atoms with Gasteiger partial charge in [-0.3, -0.25) is 19.5 Å². The zero-order valence-corrected chi connectivity index (χ0v) is 17.7. The number of nitrogens with zero attached hydrogens (tertiary/aromatic N) is 3. The summed E-state index contributed by atoms with van der Waals surface area (Å²) in [6.07, 6.45) is 3.36. The van der Waals surface area contributed by atoms with E-state index in [-0.39, 0.29) is 23.6 Å². The molecule has 1 amide bonds. The highest BCUT2D eigenvalue weighted by atomic mass is 19.1. The number of amides is 1. The van der Waals surface area contributed by atoms with E-state index in [0.717, 1.165) is 36.2 Å². The number of aromatic nitrogens is 3. The van der Waals surface area contributed by atoms with Crippen LogP contribution in [0.5, 0.6) is 5.75 Å². The summed E-state index contributed by atoms with van der Waals surface area (Å²) in [7, 11) is 0. The third-order valence-corrected chi connectivity index (χ3v) is 5.95. The predicted molar refractivity (Wildman–Crippen MR) is 116 cm³/mol. The van der Waals surface area contributed by atoms with E-state index in [0.29, 0.717) is 29.8 Å². The number of aryl methyl sites for hydroxylation is 1. The van der Waals surface area contributed by atoms with Gasteiger partial charge in [0.2, 0.25) is 0 Å². The Morgan fingerprint density at radius 3 is 2.78 bits per heavy atom. The zero-order chi connectivity index (χ0) is 22.2. The van der Waals surface area contributed by atoms with E-state index in [4.69, 9.17) is 4.74 Å². The maximum Gasteiger partial charge on any atom is 0.270 e. The lowest BCUT2D eigenvalue weighted by Gasteiger charge is -2.38. The van der Waals surface area contributed by atoms with Crippen LogP contribution in [0, 0.1) is 6.92 Å². The van der Waals surface area contributed by atoms with Crippen LogP contribution in [0.25, 0.3) is 11.0 Å². The molecule has 2 fully saturated rings. The number of H-pyrrole nitrogens is 1. The van der Waals surface area contributed by atoms with Crippen molar-refractivity contribution in [3.8, 4) is 5.75 Å². The number of pyridine rings is 3. The third-order valence-electron chi connectivity index (χ3n) is 5.95. The molecule has 1 saturated heterocycles. The number of carbonyl (C=O) groups is 1. The summed E-state index contributed by atoms with van der Waals surface area (Å²) < 4.78 is 18.8. The lowest BCUT2D eigenvalue weighted by molar-refractivity contribution is 0.0143. The molecule has 0 atom stereocenters. The van der Waals surface area contributed by atoms with Crippen molar-refractivity contribution in [1.82, 2.24) is 25.2 Å². The molecule has 0 bridgehead atoms. The Morgan fingerprint density at radius 2 is 2.06 bits per heavy atom. The van der Waals surface area contributed by atoms with Gasteiger partial charge in [-0.15, -0.1) is 0 Å². The fraction of sp³-hybridized carbons (Fsp3) is 0.391. The van der Waals surface area contributed by atoms with Crippen LogP contribution in [-0.2, 0) is 6.54 Å². The van der Waals surface area contributed by atoms with Crippen molar-refractivity contribution in [2.75, 3.05) is 13.1 Å². The van der Waals surface area contributed by atoms with Crippen molar-refractivity contribution in [3.05, 3.63) is 63.8 Å². The van der Waals surface area contributed by atoms with E-state index < -0.39 is 6.17 Å². The number of ether oxygens (including phenoxy) is 1. The highest BCUT2D eigenvalue weighted by Gasteiger charge is 2.31. The van der Waals surface area contributed by atoms with Gasteiger partial charge in [-0.25, -0.2) is 9.37 Å². The topological polar surface area (TPSA) is 100 Å². The van der Waals surface area contributed by atoms with Gasteiger partial charge in [-0.05, 0) is 49.6 Å². The lowest BCUT2D eigenvalue weighted by atomic mass is 9.91. The molecule has 9 heteroatoms. The maximum atomic E-state index is 12.9. The van der Waals surface area contributed by atoms with E-state index >= 15 is 0 Å². The maximum absolute atomic E-state index is 12.9. The van der Waals surface area contributed by atoms with Crippen LogP contribution in [0.2, 0.25) is 0 Å². The van der Waals surface area contributed by atoms with Crippen molar-refractivity contribution >= 4 is 16.9 Å². The fourth-order valence-corrected chi connectivity index (χ4v) is 4.00. The average molecular weight is 437 g/mol. The van der Waals surface area contributed by atoms with Crippen LogP contribution >= 0.6 is 0 Å². The van der Waals surface area contributed by atoms with Crippen molar-refractivity contribution in [1.29, 1.82) is 0 Å². The smallest absolute Gasteiger partial charge is 0.270 e. The zero-order valence-electron chi connectivity index (χ0n) is 17.7. The predicted octanol–water partition coefficient (Wildman–Crippen LogP) is 2.12. The van der Waals surface area contributed by atoms with Gasteiger partial charge in [0.1, 0.15) is 23.7 Å². The average Bonchev–Trinajstić information content (AvgIpc) is 2.72. The summed E-state index contributed by atoms with van der Waals surface area (Å²) in [4.78, 5) is 37.7. The molecule has 32 heavy (non-hydrogen) atoms. The Kier molecular flexibility index (Phi) is 5.34. The molecule has 0 unspecified atom stereocenters. The molecule has 5 rings (SSSR count). The van der Waals surface area contributed by atoms with Crippen molar-refractivity contribution < 1.29 is 13.9 Å². The molecule has 2 aliphatic rings. The van der Waals surface area contributed by atoms with Crippen LogP contribution in [-0.4, -0.2) is 57.2 Å². The SMILES string of the molecule is Cc1cc2ncc(CN3CC(Oc4ccc(C(=O)NC5CC(F)C5)nc4)C3)cc2[nH]c1=O. The fourth-order valence-electron chi connectivity index (χ4n) is 4.00. The van der Waals surface area contributed by atoms with Gasteiger partial charge in [0, 0.05) is 37.4 Å². The molecule has 166 valence electrons. The van der Waals surface area contributed by atoms with E-state index in [2.05, 4.69) is 25.2 Å². The number of likely N-dealkylation sites (tertiary alicyclic amines) is 1. The van der Waals surface area contributed by atoms with Crippen molar-refractivity contribution in [2.45, 2.75) is 44.6 Å². The number of halogens is 1. The first kappa shape index (κ1) is 20.6. The molecule has 2 N–H and O–H groups in total. The van der Waals surface area contributed by atoms with Gasteiger partial charge in [0.15, 0.2) is 0 Å². The van der Waals surface area contributed by atoms with E-state index in [1.807, 2.05) is 12.3 Å². The first-order valence-electron chi connectivity index (χ1n) is 10.7. The summed E-state index contributed by atoms with van der Waals surface area (Å²) in [5.41, 5.74) is 3.40. The Balaban J connectivity index is 1.11. The van der Waals surface area contributed by atoms with Gasteiger partial charge in [-0.2, -0.15) is 0 Å². The summed E-state index contributed by atoms with van der Waals surface area (Å²) >= 11 is 0. The van der Waals surface area contributed by atoms with E-state index in [1.165, 1.54) is 0 Å². The van der Waals surface area contributed by atoms with Crippen LogP contribution in [0.1, 0.15) is 34.5 Å². The number of rotatable bonds is 6. The molecule has 1 aliphatic carbocycles. The number of aromatic amines is 1. The van der Waals surface area contributed by atoms with Gasteiger partial charge < -0.3 is 15.0 Å². The van der Waals surface area contributed by atoms with Gasteiger partial charge in [0.05, 0.1) is 17.2 Å². The third kappa shape index (κ3) is 4.34. The van der Waals surface area contributed by atoms with Crippen LogP contribution in [0.4, 0.5) is 4.39 Å². The molecular weight excluding hydrogens is 413 g/mol. The first-order valence-corrected chi connectivity index (χ1v) is 10.7. The number of carbonyl (C=O) groups excluding carboxylic acids is 1. The van der Waals surface area contributed by atoms with Crippen LogP contribution in [0.3, 0.4) is 0 Å². The number of fused-ring (bicyclic) bond motifs is 1. The molecule has 1 saturated carbocycles. The van der Waals surface area contributed by atoms with E-state index in [9.17, 15) is 14.0 Å². The Labute approximate surface area is 183 Å². The standard InChI is InChI=1S/C23H24FN5O3/c1-13-4-20-21(28-22(13)30)5-14(8-25-20)10-29-11-18(12-29)32-17-2-3-19(26-9-17)23(31)27-16-6-15(24)7-16/h2-5,8-9,15-16,18H,6-7,10-12H2,1H3,(H,27,31)(H,28,30). The molecule has 0 spiro atoms. The molecule has 4 heterocycles. The minimum Gasteiger partial charge on any atom is -0.486 e. The summed E-state index contributed by atoms with van der Waals surface area (Å²) in [5.74, 6) is 0.322. The minimum atomic E-state index is -0.808. The number of nitrogens with one attached hydrogen (secondary N) is 2.